The molecule has 0 atom stereocenters. The van der Waals surface area contributed by atoms with E-state index in [4.69, 9.17) is 0 Å². The van der Waals surface area contributed by atoms with Crippen LogP contribution >= 0.6 is 11.8 Å². The Morgan fingerprint density at radius 1 is 0.960 bits per heavy atom. The Kier molecular flexibility index (Phi) is 5.22. The first-order chi connectivity index (χ1) is 12.0. The van der Waals surface area contributed by atoms with Gasteiger partial charge in [-0.15, -0.1) is 18.3 Å². The highest BCUT2D eigenvalue weighted by atomic mass is 32.2. The highest BCUT2D eigenvalue weighted by Crippen LogP contribution is 2.25. The maximum absolute atomic E-state index is 12.1. The summed E-state index contributed by atoms with van der Waals surface area (Å²) in [6, 6.07) is 15.5. The molecule has 130 valence electrons. The minimum atomic E-state index is -4.68. The molecule has 25 heavy (non-hydrogen) atoms. The Morgan fingerprint density at radius 2 is 1.68 bits per heavy atom. The first-order valence-electron chi connectivity index (χ1n) is 7.27. The fraction of sp³-hybridized carbons (Fsp3) is 0.188. The third-order valence-corrected chi connectivity index (χ3v) is 4.23. The van der Waals surface area contributed by atoms with Crippen LogP contribution in [0, 0.1) is 0 Å². The Bertz CT molecular complexity index is 806. The van der Waals surface area contributed by atoms with Gasteiger partial charge < -0.3 is 4.74 Å². The van der Waals surface area contributed by atoms with E-state index in [9.17, 15) is 13.2 Å². The molecule has 0 aliphatic carbocycles. The minimum absolute atomic E-state index is 0.241. The van der Waals surface area contributed by atoms with Crippen molar-refractivity contribution < 1.29 is 17.9 Å². The molecule has 0 aliphatic rings. The summed E-state index contributed by atoms with van der Waals surface area (Å²) in [6.07, 6.45) is -4.68. The van der Waals surface area contributed by atoms with E-state index in [1.54, 1.807) is 16.8 Å². The van der Waals surface area contributed by atoms with Crippen molar-refractivity contribution in [3.63, 3.8) is 0 Å². The topological polar surface area (TPSA) is 52.8 Å². The molecule has 0 amide bonds. The molecule has 9 heteroatoms. The summed E-state index contributed by atoms with van der Waals surface area (Å²) >= 11 is 1.41. The van der Waals surface area contributed by atoms with E-state index in [1.165, 1.54) is 23.9 Å². The van der Waals surface area contributed by atoms with Crippen LogP contribution in [0.25, 0.3) is 0 Å². The van der Waals surface area contributed by atoms with Crippen LogP contribution in [0.3, 0.4) is 0 Å². The Morgan fingerprint density at radius 3 is 2.36 bits per heavy atom. The highest BCUT2D eigenvalue weighted by Gasteiger charge is 2.30. The van der Waals surface area contributed by atoms with Gasteiger partial charge in [-0.05, 0) is 33.7 Å². The molecule has 2 aromatic carbocycles. The molecular formula is C16H13F3N4OS. The lowest BCUT2D eigenvalue weighted by Gasteiger charge is -2.09. The van der Waals surface area contributed by atoms with Crippen molar-refractivity contribution in [3.05, 3.63) is 65.7 Å². The summed E-state index contributed by atoms with van der Waals surface area (Å²) in [5.74, 6) is 0.289. The van der Waals surface area contributed by atoms with Crippen molar-refractivity contribution in [3.8, 4) is 5.75 Å². The minimum Gasteiger partial charge on any atom is -0.406 e. The number of alkyl halides is 3. The number of aromatic nitrogens is 4. The molecule has 0 aliphatic heterocycles. The number of hydrogen-bond donors (Lipinski definition) is 0. The molecule has 0 fully saturated rings. The number of hydrogen-bond acceptors (Lipinski definition) is 5. The second kappa shape index (κ2) is 7.56. The molecule has 1 aromatic heterocycles. The van der Waals surface area contributed by atoms with E-state index in [1.807, 2.05) is 30.3 Å². The molecule has 1 heterocycles. The number of rotatable bonds is 6. The summed E-state index contributed by atoms with van der Waals surface area (Å²) in [7, 11) is 0. The van der Waals surface area contributed by atoms with Crippen molar-refractivity contribution in [2.24, 2.45) is 0 Å². The van der Waals surface area contributed by atoms with Gasteiger partial charge >= 0.3 is 6.36 Å². The first kappa shape index (κ1) is 17.3. The van der Waals surface area contributed by atoms with Gasteiger partial charge in [-0.3, -0.25) is 0 Å². The predicted octanol–water partition coefficient (Wildman–Crippen LogP) is 3.91. The second-order valence-electron chi connectivity index (χ2n) is 5.09. The molecule has 0 radical (unpaired) electrons. The average Bonchev–Trinajstić information content (AvgIpc) is 3.01. The summed E-state index contributed by atoms with van der Waals surface area (Å²) in [6.45, 7) is 0.550. The van der Waals surface area contributed by atoms with E-state index in [2.05, 4.69) is 20.3 Å². The van der Waals surface area contributed by atoms with E-state index < -0.39 is 6.36 Å². The van der Waals surface area contributed by atoms with Crippen molar-refractivity contribution in [1.29, 1.82) is 0 Å². The molecule has 0 N–H and O–H groups in total. The number of nitrogens with zero attached hydrogens (tertiary/aromatic N) is 4. The quantitative estimate of drug-likeness (QED) is 0.619. The summed E-state index contributed by atoms with van der Waals surface area (Å²) in [4.78, 5) is 0. The molecule has 0 spiro atoms. The zero-order valence-corrected chi connectivity index (χ0v) is 13.7. The van der Waals surface area contributed by atoms with E-state index in [-0.39, 0.29) is 5.75 Å². The van der Waals surface area contributed by atoms with Crippen LogP contribution in [-0.4, -0.2) is 26.6 Å². The van der Waals surface area contributed by atoms with Crippen molar-refractivity contribution in [2.75, 3.05) is 0 Å². The largest absolute Gasteiger partial charge is 0.573 e. The molecule has 0 bridgehead atoms. The molecule has 0 saturated heterocycles. The van der Waals surface area contributed by atoms with Gasteiger partial charge in [0.15, 0.2) is 0 Å². The molecule has 3 aromatic rings. The van der Waals surface area contributed by atoms with Gasteiger partial charge in [0.2, 0.25) is 5.16 Å². The average molecular weight is 366 g/mol. The fourth-order valence-corrected chi connectivity index (χ4v) is 2.92. The third-order valence-electron chi connectivity index (χ3n) is 3.20. The van der Waals surface area contributed by atoms with Crippen LogP contribution in [0.1, 0.15) is 11.1 Å². The fourth-order valence-electron chi connectivity index (χ4n) is 2.09. The van der Waals surface area contributed by atoms with Crippen LogP contribution in [0.5, 0.6) is 5.75 Å². The molecule has 5 nitrogen and oxygen atoms in total. The number of halogens is 3. The third kappa shape index (κ3) is 5.21. The first-order valence-corrected chi connectivity index (χ1v) is 8.26. The smallest absolute Gasteiger partial charge is 0.406 e. The maximum atomic E-state index is 12.1. The predicted molar refractivity (Wildman–Crippen MR) is 86.0 cm³/mol. The van der Waals surface area contributed by atoms with Crippen molar-refractivity contribution in [2.45, 2.75) is 23.8 Å². The number of tetrazole rings is 1. The van der Waals surface area contributed by atoms with Crippen LogP contribution in [-0.2, 0) is 12.3 Å². The second-order valence-corrected chi connectivity index (χ2v) is 6.03. The van der Waals surface area contributed by atoms with Gasteiger partial charge in [-0.1, -0.05) is 54.2 Å². The van der Waals surface area contributed by atoms with Crippen LogP contribution in [0.4, 0.5) is 13.2 Å². The van der Waals surface area contributed by atoms with Crippen LogP contribution < -0.4 is 4.74 Å². The molecular weight excluding hydrogens is 353 g/mol. The lowest BCUT2D eigenvalue weighted by atomic mass is 10.2. The lowest BCUT2D eigenvalue weighted by molar-refractivity contribution is -0.274. The monoisotopic (exact) mass is 366 g/mol. The summed E-state index contributed by atoms with van der Waals surface area (Å²) < 4.78 is 42.0. The van der Waals surface area contributed by atoms with Gasteiger partial charge in [0.05, 0.1) is 6.54 Å². The lowest BCUT2D eigenvalue weighted by Crippen LogP contribution is -2.16. The molecule has 0 unspecified atom stereocenters. The van der Waals surface area contributed by atoms with E-state index >= 15 is 0 Å². The van der Waals surface area contributed by atoms with Crippen LogP contribution in [0.2, 0.25) is 0 Å². The molecule has 0 saturated carbocycles. The SMILES string of the molecule is FC(F)(F)Oc1ccc(CSc2nnnn2Cc2ccccc2)cc1. The van der Waals surface area contributed by atoms with E-state index in [0.29, 0.717) is 17.5 Å². The maximum Gasteiger partial charge on any atom is 0.573 e. The van der Waals surface area contributed by atoms with Crippen LogP contribution in [0.15, 0.2) is 59.8 Å². The summed E-state index contributed by atoms with van der Waals surface area (Å²) in [5.41, 5.74) is 1.92. The Hall–Kier alpha value is -2.55. The number of benzene rings is 2. The zero-order chi connectivity index (χ0) is 17.7. The van der Waals surface area contributed by atoms with Crippen molar-refractivity contribution in [1.82, 2.24) is 20.2 Å². The standard InChI is InChI=1S/C16H13F3N4OS/c17-16(18,19)24-14-8-6-13(7-9-14)11-25-15-20-21-22-23(15)10-12-4-2-1-3-5-12/h1-9H,10-11H2. The normalized spacial score (nSPS) is 11.5. The molecule has 3 rings (SSSR count). The Balaban J connectivity index is 1.60. The van der Waals surface area contributed by atoms with Gasteiger partial charge in [-0.25, -0.2) is 4.68 Å². The van der Waals surface area contributed by atoms with Gasteiger partial charge in [0, 0.05) is 5.75 Å². The zero-order valence-electron chi connectivity index (χ0n) is 12.8. The number of thioether (sulfide) groups is 1. The Labute approximate surface area is 145 Å². The summed E-state index contributed by atoms with van der Waals surface area (Å²) in [5, 5.41) is 12.3. The van der Waals surface area contributed by atoms with Gasteiger partial charge in [0.1, 0.15) is 5.75 Å². The van der Waals surface area contributed by atoms with Gasteiger partial charge in [0.25, 0.3) is 0 Å². The highest BCUT2D eigenvalue weighted by molar-refractivity contribution is 7.98. The van der Waals surface area contributed by atoms with Gasteiger partial charge in [-0.2, -0.15) is 0 Å². The van der Waals surface area contributed by atoms with Crippen molar-refractivity contribution >= 4 is 11.8 Å². The van der Waals surface area contributed by atoms with E-state index in [0.717, 1.165) is 11.1 Å². The number of ether oxygens (including phenoxy) is 1.